The zero-order valence-corrected chi connectivity index (χ0v) is 11.6. The van der Waals surface area contributed by atoms with E-state index in [2.05, 4.69) is 22.9 Å². The molecule has 2 rings (SSSR count). The van der Waals surface area contributed by atoms with Gasteiger partial charge in [-0.1, -0.05) is 19.1 Å². The van der Waals surface area contributed by atoms with Crippen molar-refractivity contribution < 1.29 is 4.39 Å². The number of alkyl halides is 1. The minimum Gasteiger partial charge on any atom is -0.206 e. The zero-order chi connectivity index (χ0) is 11.8. The predicted molar refractivity (Wildman–Crippen MR) is 69.4 cm³/mol. The number of benzene rings is 1. The van der Waals surface area contributed by atoms with Gasteiger partial charge in [0.2, 0.25) is 0 Å². The lowest BCUT2D eigenvalue weighted by Gasteiger charge is -2.24. The summed E-state index contributed by atoms with van der Waals surface area (Å²) in [5, 5.41) is 0.289. The van der Waals surface area contributed by atoms with Crippen LogP contribution >= 0.6 is 27.5 Å². The second-order valence-electron chi connectivity index (χ2n) is 5.04. The summed E-state index contributed by atoms with van der Waals surface area (Å²) in [6, 6.07) is 5.24. The summed E-state index contributed by atoms with van der Waals surface area (Å²) in [5.74, 6) is -0.179. The van der Waals surface area contributed by atoms with Crippen LogP contribution in [0.1, 0.15) is 31.7 Å². The highest BCUT2D eigenvalue weighted by Crippen LogP contribution is 2.43. The number of hydrogen-bond acceptors (Lipinski definition) is 0. The van der Waals surface area contributed by atoms with Crippen LogP contribution in [0.15, 0.2) is 22.7 Å². The highest BCUT2D eigenvalue weighted by Gasteiger charge is 2.34. The average Bonchev–Trinajstić information content (AvgIpc) is 2.54. The third-order valence-corrected chi connectivity index (χ3v) is 4.68. The molecule has 1 aromatic rings. The van der Waals surface area contributed by atoms with Gasteiger partial charge in [-0.15, -0.1) is 11.6 Å². The Bertz CT molecular complexity index is 394. The van der Waals surface area contributed by atoms with E-state index in [1.165, 1.54) is 6.07 Å². The van der Waals surface area contributed by atoms with Crippen molar-refractivity contribution in [2.75, 3.05) is 0 Å². The Morgan fingerprint density at radius 2 is 2.31 bits per heavy atom. The summed E-state index contributed by atoms with van der Waals surface area (Å²) in [6.45, 7) is 2.24. The fraction of sp³-hybridized carbons (Fsp3) is 0.538. The molecule has 1 fully saturated rings. The highest BCUT2D eigenvalue weighted by molar-refractivity contribution is 9.10. The highest BCUT2D eigenvalue weighted by atomic mass is 79.9. The first-order chi connectivity index (χ1) is 7.50. The molecule has 2 atom stereocenters. The Balaban J connectivity index is 2.18. The standard InChI is InChI=1S/C13H15BrClF/c1-13(6-5-10(15)8-13)7-9-3-2-4-11(16)12(9)14/h2-4,10H,5-8H2,1H3. The van der Waals surface area contributed by atoms with Crippen LogP contribution < -0.4 is 0 Å². The van der Waals surface area contributed by atoms with Crippen molar-refractivity contribution in [3.8, 4) is 0 Å². The van der Waals surface area contributed by atoms with E-state index >= 15 is 0 Å². The van der Waals surface area contributed by atoms with Gasteiger partial charge in [0, 0.05) is 5.38 Å². The maximum atomic E-state index is 13.4. The smallest absolute Gasteiger partial charge is 0.137 e. The third-order valence-electron chi connectivity index (χ3n) is 3.42. The fourth-order valence-electron chi connectivity index (χ4n) is 2.55. The Morgan fingerprint density at radius 3 is 2.94 bits per heavy atom. The quantitative estimate of drug-likeness (QED) is 0.680. The molecule has 0 bridgehead atoms. The van der Waals surface area contributed by atoms with Crippen LogP contribution in [0.25, 0.3) is 0 Å². The van der Waals surface area contributed by atoms with E-state index in [4.69, 9.17) is 11.6 Å². The van der Waals surface area contributed by atoms with Gasteiger partial charge in [-0.2, -0.15) is 0 Å². The lowest BCUT2D eigenvalue weighted by Crippen LogP contribution is -2.16. The minimum absolute atomic E-state index is 0.179. The summed E-state index contributed by atoms with van der Waals surface area (Å²) >= 11 is 9.47. The van der Waals surface area contributed by atoms with Crippen molar-refractivity contribution in [2.24, 2.45) is 5.41 Å². The number of rotatable bonds is 2. The first-order valence-electron chi connectivity index (χ1n) is 5.57. The van der Waals surface area contributed by atoms with Gasteiger partial charge in [0.25, 0.3) is 0 Å². The topological polar surface area (TPSA) is 0 Å². The zero-order valence-electron chi connectivity index (χ0n) is 9.27. The molecule has 1 aliphatic rings. The van der Waals surface area contributed by atoms with Crippen LogP contribution in [-0.2, 0) is 6.42 Å². The van der Waals surface area contributed by atoms with Crippen LogP contribution in [0.4, 0.5) is 4.39 Å². The van der Waals surface area contributed by atoms with Gasteiger partial charge in [0.05, 0.1) is 4.47 Å². The lowest BCUT2D eigenvalue weighted by atomic mass is 9.82. The first-order valence-corrected chi connectivity index (χ1v) is 6.80. The van der Waals surface area contributed by atoms with Gasteiger partial charge in [0.1, 0.15) is 5.82 Å². The molecular formula is C13H15BrClF. The summed E-state index contributed by atoms with van der Waals surface area (Å²) in [4.78, 5) is 0. The van der Waals surface area contributed by atoms with Crippen LogP contribution in [0.5, 0.6) is 0 Å². The molecule has 88 valence electrons. The van der Waals surface area contributed by atoms with Gasteiger partial charge in [0.15, 0.2) is 0 Å². The van der Waals surface area contributed by atoms with Crippen molar-refractivity contribution in [3.63, 3.8) is 0 Å². The monoisotopic (exact) mass is 304 g/mol. The Morgan fingerprint density at radius 1 is 1.56 bits per heavy atom. The molecule has 3 heteroatoms. The predicted octanol–water partition coefficient (Wildman–Crippen LogP) is 4.93. The second-order valence-corrected chi connectivity index (χ2v) is 6.45. The molecule has 0 radical (unpaired) electrons. The van der Waals surface area contributed by atoms with Gasteiger partial charge in [-0.3, -0.25) is 0 Å². The molecular weight excluding hydrogens is 290 g/mol. The summed E-state index contributed by atoms with van der Waals surface area (Å²) < 4.78 is 14.0. The second kappa shape index (κ2) is 4.66. The number of hydrogen-bond donors (Lipinski definition) is 0. The summed E-state index contributed by atoms with van der Waals surface area (Å²) in [5.41, 5.74) is 1.27. The molecule has 0 heterocycles. The maximum Gasteiger partial charge on any atom is 0.137 e. The van der Waals surface area contributed by atoms with E-state index in [0.29, 0.717) is 4.47 Å². The van der Waals surface area contributed by atoms with Gasteiger partial charge in [-0.05, 0) is 58.7 Å². The molecule has 1 aliphatic carbocycles. The molecule has 0 nitrogen and oxygen atoms in total. The van der Waals surface area contributed by atoms with Crippen LogP contribution in [-0.4, -0.2) is 5.38 Å². The van der Waals surface area contributed by atoms with Crippen molar-refractivity contribution in [2.45, 2.75) is 38.0 Å². The molecule has 0 aromatic heterocycles. The van der Waals surface area contributed by atoms with Gasteiger partial charge < -0.3 is 0 Å². The van der Waals surface area contributed by atoms with Crippen molar-refractivity contribution in [3.05, 3.63) is 34.1 Å². The van der Waals surface area contributed by atoms with Crippen molar-refractivity contribution in [1.29, 1.82) is 0 Å². The molecule has 0 saturated heterocycles. The third kappa shape index (κ3) is 2.60. The van der Waals surface area contributed by atoms with Gasteiger partial charge >= 0.3 is 0 Å². The van der Waals surface area contributed by atoms with E-state index in [0.717, 1.165) is 31.2 Å². The number of halogens is 3. The van der Waals surface area contributed by atoms with Crippen molar-refractivity contribution >= 4 is 27.5 Å². The van der Waals surface area contributed by atoms with E-state index in [1.54, 1.807) is 6.07 Å². The molecule has 16 heavy (non-hydrogen) atoms. The Kier molecular flexibility index (Phi) is 3.60. The molecule has 1 aromatic carbocycles. The van der Waals surface area contributed by atoms with Crippen LogP contribution in [0.2, 0.25) is 0 Å². The van der Waals surface area contributed by atoms with E-state index in [-0.39, 0.29) is 16.6 Å². The Labute approximate surface area is 109 Å². The van der Waals surface area contributed by atoms with Gasteiger partial charge in [-0.25, -0.2) is 4.39 Å². The lowest BCUT2D eigenvalue weighted by molar-refractivity contribution is 0.334. The Hall–Kier alpha value is -0.0800. The summed E-state index contributed by atoms with van der Waals surface area (Å²) in [6.07, 6.45) is 4.13. The first kappa shape index (κ1) is 12.4. The van der Waals surface area contributed by atoms with E-state index < -0.39 is 0 Å². The molecule has 1 saturated carbocycles. The van der Waals surface area contributed by atoms with E-state index in [9.17, 15) is 4.39 Å². The fourth-order valence-corrected chi connectivity index (χ4v) is 3.44. The van der Waals surface area contributed by atoms with Crippen LogP contribution in [0, 0.1) is 11.2 Å². The van der Waals surface area contributed by atoms with Crippen LogP contribution in [0.3, 0.4) is 0 Å². The van der Waals surface area contributed by atoms with E-state index in [1.807, 2.05) is 6.07 Å². The molecule has 0 amide bonds. The molecule has 2 unspecified atom stereocenters. The molecule has 0 aliphatic heterocycles. The van der Waals surface area contributed by atoms with Crippen molar-refractivity contribution in [1.82, 2.24) is 0 Å². The largest absolute Gasteiger partial charge is 0.206 e. The average molecular weight is 306 g/mol. The summed E-state index contributed by atoms with van der Waals surface area (Å²) in [7, 11) is 0. The SMILES string of the molecule is CC1(Cc2cccc(F)c2Br)CCC(Cl)C1. The molecule has 0 spiro atoms. The molecule has 0 N–H and O–H groups in total. The minimum atomic E-state index is -0.179. The normalized spacial score (nSPS) is 29.6. The maximum absolute atomic E-state index is 13.4.